The molecule has 2 aromatic heterocycles. The SMILES string of the molecule is Cn1cc([C@H]2CNC[C@@H]2C(=O)NCCc2nc3c(s2)CCCC3)cn1. The fraction of sp³-hybridized carbons (Fsp3) is 0.611. The van der Waals surface area contributed by atoms with Gasteiger partial charge in [-0.25, -0.2) is 4.98 Å². The van der Waals surface area contributed by atoms with Crippen molar-refractivity contribution >= 4 is 17.2 Å². The Morgan fingerprint density at radius 3 is 3.08 bits per heavy atom. The standard InChI is InChI=1S/C18H25N5OS/c1-23-11-12(8-21-23)13-9-19-10-14(13)18(24)20-7-6-17-22-15-4-2-3-5-16(15)25-17/h8,11,13-14,19H,2-7,9-10H2,1H3,(H,20,24)/t13-,14+/m1/s1. The van der Waals surface area contributed by atoms with E-state index >= 15 is 0 Å². The number of aryl methyl sites for hydroxylation is 3. The lowest BCUT2D eigenvalue weighted by Crippen LogP contribution is -2.35. The number of thiazole rings is 1. The van der Waals surface area contributed by atoms with Crippen molar-refractivity contribution in [2.45, 2.75) is 38.0 Å². The molecule has 134 valence electrons. The maximum Gasteiger partial charge on any atom is 0.225 e. The second-order valence-electron chi connectivity index (χ2n) is 7.04. The number of nitrogens with zero attached hydrogens (tertiary/aromatic N) is 3. The van der Waals surface area contributed by atoms with Crippen LogP contribution in [0.3, 0.4) is 0 Å². The van der Waals surface area contributed by atoms with Crippen molar-refractivity contribution < 1.29 is 4.79 Å². The van der Waals surface area contributed by atoms with Gasteiger partial charge in [-0.1, -0.05) is 0 Å². The summed E-state index contributed by atoms with van der Waals surface area (Å²) in [6.45, 7) is 2.24. The third-order valence-electron chi connectivity index (χ3n) is 5.23. The lowest BCUT2D eigenvalue weighted by atomic mass is 9.90. The van der Waals surface area contributed by atoms with Crippen molar-refractivity contribution in [3.8, 4) is 0 Å². The molecule has 0 radical (unpaired) electrons. The van der Waals surface area contributed by atoms with Crippen LogP contribution >= 0.6 is 11.3 Å². The number of amides is 1. The Bertz CT molecular complexity index is 729. The van der Waals surface area contributed by atoms with E-state index in [2.05, 4.69) is 15.7 Å². The largest absolute Gasteiger partial charge is 0.355 e. The minimum atomic E-state index is -0.0197. The molecule has 1 amide bonds. The van der Waals surface area contributed by atoms with Gasteiger partial charge >= 0.3 is 0 Å². The highest BCUT2D eigenvalue weighted by atomic mass is 32.1. The van der Waals surface area contributed by atoms with Crippen molar-refractivity contribution in [1.29, 1.82) is 0 Å². The summed E-state index contributed by atoms with van der Waals surface area (Å²) in [6.07, 6.45) is 9.57. The first-order valence-corrected chi connectivity index (χ1v) is 9.97. The summed E-state index contributed by atoms with van der Waals surface area (Å²) in [7, 11) is 1.91. The quantitative estimate of drug-likeness (QED) is 0.847. The molecule has 1 aliphatic heterocycles. The van der Waals surface area contributed by atoms with Crippen molar-refractivity contribution in [2.24, 2.45) is 13.0 Å². The maximum atomic E-state index is 12.6. The fourth-order valence-electron chi connectivity index (χ4n) is 3.87. The van der Waals surface area contributed by atoms with Crippen LogP contribution in [0.2, 0.25) is 0 Å². The first-order valence-electron chi connectivity index (χ1n) is 9.15. The van der Waals surface area contributed by atoms with Crippen LogP contribution < -0.4 is 10.6 Å². The molecule has 0 aromatic carbocycles. The molecule has 1 fully saturated rings. The minimum absolute atomic E-state index is 0.0197. The molecule has 1 saturated heterocycles. The number of carbonyl (C=O) groups excluding carboxylic acids is 1. The van der Waals surface area contributed by atoms with Crippen molar-refractivity contribution in [3.63, 3.8) is 0 Å². The Balaban J connectivity index is 1.31. The van der Waals surface area contributed by atoms with E-state index in [0.717, 1.165) is 31.5 Å². The van der Waals surface area contributed by atoms with E-state index in [1.165, 1.54) is 34.8 Å². The van der Waals surface area contributed by atoms with Crippen molar-refractivity contribution in [3.05, 3.63) is 33.5 Å². The zero-order valence-electron chi connectivity index (χ0n) is 14.6. The van der Waals surface area contributed by atoms with E-state index in [4.69, 9.17) is 4.98 Å². The summed E-state index contributed by atoms with van der Waals surface area (Å²) >= 11 is 1.83. The fourth-order valence-corrected chi connectivity index (χ4v) is 5.03. The summed E-state index contributed by atoms with van der Waals surface area (Å²) in [5.41, 5.74) is 2.44. The zero-order valence-corrected chi connectivity index (χ0v) is 15.4. The van der Waals surface area contributed by atoms with Crippen LogP contribution in [0.1, 0.15) is 39.9 Å². The Morgan fingerprint density at radius 1 is 1.40 bits per heavy atom. The third-order valence-corrected chi connectivity index (χ3v) is 6.45. The second-order valence-corrected chi connectivity index (χ2v) is 8.21. The highest BCUT2D eigenvalue weighted by Gasteiger charge is 2.34. The molecule has 2 aromatic rings. The van der Waals surface area contributed by atoms with E-state index in [1.54, 1.807) is 4.68 Å². The number of nitrogens with one attached hydrogen (secondary N) is 2. The van der Waals surface area contributed by atoms with Gasteiger partial charge < -0.3 is 10.6 Å². The van der Waals surface area contributed by atoms with Gasteiger partial charge in [0.15, 0.2) is 0 Å². The Labute approximate surface area is 152 Å². The van der Waals surface area contributed by atoms with Gasteiger partial charge in [-0.15, -0.1) is 11.3 Å². The Morgan fingerprint density at radius 2 is 2.28 bits per heavy atom. The third kappa shape index (κ3) is 3.62. The molecule has 0 unspecified atom stereocenters. The Hall–Kier alpha value is -1.73. The molecule has 4 rings (SSSR count). The van der Waals surface area contributed by atoms with Gasteiger partial charge in [-0.05, 0) is 31.2 Å². The Kier molecular flexibility index (Phi) is 4.85. The number of hydrogen-bond acceptors (Lipinski definition) is 5. The van der Waals surface area contributed by atoms with Gasteiger partial charge in [0.2, 0.25) is 5.91 Å². The first kappa shape index (κ1) is 16.7. The number of fused-ring (bicyclic) bond motifs is 1. The van der Waals surface area contributed by atoms with Crippen LogP contribution in [-0.4, -0.2) is 40.3 Å². The molecule has 6 nitrogen and oxygen atoms in total. The van der Waals surface area contributed by atoms with Gasteiger partial charge in [0, 0.05) is 50.1 Å². The van der Waals surface area contributed by atoms with Crippen molar-refractivity contribution in [1.82, 2.24) is 25.4 Å². The van der Waals surface area contributed by atoms with E-state index in [1.807, 2.05) is 30.8 Å². The molecule has 0 bridgehead atoms. The molecular weight excluding hydrogens is 334 g/mol. The highest BCUT2D eigenvalue weighted by molar-refractivity contribution is 7.11. The lowest BCUT2D eigenvalue weighted by molar-refractivity contribution is -0.124. The number of aromatic nitrogens is 3. The molecule has 2 atom stereocenters. The van der Waals surface area contributed by atoms with Gasteiger partial charge in [-0.3, -0.25) is 9.48 Å². The summed E-state index contributed by atoms with van der Waals surface area (Å²) in [6, 6.07) is 0. The molecule has 0 saturated carbocycles. The summed E-state index contributed by atoms with van der Waals surface area (Å²) in [5.74, 6) is 0.328. The summed E-state index contributed by atoms with van der Waals surface area (Å²) in [5, 5.41) is 11.9. The maximum absolute atomic E-state index is 12.6. The smallest absolute Gasteiger partial charge is 0.225 e. The van der Waals surface area contributed by atoms with Crippen LogP contribution in [0.4, 0.5) is 0 Å². The molecule has 0 spiro atoms. The van der Waals surface area contributed by atoms with Crippen LogP contribution in [0.15, 0.2) is 12.4 Å². The van der Waals surface area contributed by atoms with Crippen LogP contribution in [0, 0.1) is 5.92 Å². The minimum Gasteiger partial charge on any atom is -0.355 e. The predicted octanol–water partition coefficient (Wildman–Crippen LogP) is 1.42. The van der Waals surface area contributed by atoms with E-state index in [9.17, 15) is 4.79 Å². The van der Waals surface area contributed by atoms with Crippen LogP contribution in [-0.2, 0) is 31.1 Å². The highest BCUT2D eigenvalue weighted by Crippen LogP contribution is 2.28. The van der Waals surface area contributed by atoms with E-state index in [-0.39, 0.29) is 17.7 Å². The molecular formula is C18H25N5OS. The molecule has 1 aliphatic carbocycles. The van der Waals surface area contributed by atoms with Crippen LogP contribution in [0.25, 0.3) is 0 Å². The van der Waals surface area contributed by atoms with E-state index in [0.29, 0.717) is 6.54 Å². The summed E-state index contributed by atoms with van der Waals surface area (Å²) in [4.78, 5) is 18.8. The zero-order chi connectivity index (χ0) is 17.2. The average Bonchev–Trinajstić information content (AvgIpc) is 3.32. The van der Waals surface area contributed by atoms with Gasteiger partial charge in [0.1, 0.15) is 0 Å². The van der Waals surface area contributed by atoms with E-state index < -0.39 is 0 Å². The number of hydrogen-bond donors (Lipinski definition) is 2. The van der Waals surface area contributed by atoms with Gasteiger partial charge in [-0.2, -0.15) is 5.10 Å². The van der Waals surface area contributed by atoms with Gasteiger partial charge in [0.25, 0.3) is 0 Å². The number of carbonyl (C=O) groups is 1. The van der Waals surface area contributed by atoms with Crippen molar-refractivity contribution in [2.75, 3.05) is 19.6 Å². The number of rotatable bonds is 5. The molecule has 25 heavy (non-hydrogen) atoms. The first-order chi connectivity index (χ1) is 12.2. The molecule has 3 heterocycles. The lowest BCUT2D eigenvalue weighted by Gasteiger charge is -2.16. The molecule has 2 N–H and O–H groups in total. The topological polar surface area (TPSA) is 71.8 Å². The molecule has 2 aliphatic rings. The van der Waals surface area contributed by atoms with Gasteiger partial charge in [0.05, 0.1) is 22.8 Å². The normalized spacial score (nSPS) is 22.8. The monoisotopic (exact) mass is 359 g/mol. The average molecular weight is 359 g/mol. The predicted molar refractivity (Wildman–Crippen MR) is 97.8 cm³/mol. The second kappa shape index (κ2) is 7.25. The summed E-state index contributed by atoms with van der Waals surface area (Å²) < 4.78 is 1.80. The molecule has 7 heteroatoms. The van der Waals surface area contributed by atoms with Crippen LogP contribution in [0.5, 0.6) is 0 Å².